The summed E-state index contributed by atoms with van der Waals surface area (Å²) in [6, 6.07) is 10.3. The van der Waals surface area contributed by atoms with E-state index in [1.54, 1.807) is 0 Å². The zero-order valence-corrected chi connectivity index (χ0v) is 12.0. The van der Waals surface area contributed by atoms with Crippen LogP contribution in [0.4, 0.5) is 0 Å². The highest BCUT2D eigenvalue weighted by atomic mass is 16.3. The number of hydrogen-bond donors (Lipinski definition) is 1. The zero-order valence-electron chi connectivity index (χ0n) is 12.0. The van der Waals surface area contributed by atoms with E-state index in [-0.39, 0.29) is 0 Å². The van der Waals surface area contributed by atoms with Gasteiger partial charge in [-0.3, -0.25) is 0 Å². The van der Waals surface area contributed by atoms with Crippen molar-refractivity contribution in [3.05, 3.63) is 35.9 Å². The number of aliphatic hydroxyl groups is 1. The third-order valence-corrected chi connectivity index (χ3v) is 3.29. The van der Waals surface area contributed by atoms with Crippen molar-refractivity contribution < 1.29 is 5.11 Å². The molecular weight excluding hydrogens is 222 g/mol. The minimum absolute atomic E-state index is 0.478. The third kappa shape index (κ3) is 5.19. The maximum atomic E-state index is 10.4. The lowest BCUT2D eigenvalue weighted by atomic mass is 9.85. The van der Waals surface area contributed by atoms with Crippen molar-refractivity contribution in [2.45, 2.75) is 45.1 Å². The Labute approximate surface area is 112 Å². The van der Waals surface area contributed by atoms with Gasteiger partial charge in [-0.2, -0.15) is 0 Å². The van der Waals surface area contributed by atoms with Gasteiger partial charge in [0.05, 0.1) is 5.60 Å². The first-order valence-corrected chi connectivity index (χ1v) is 7.04. The van der Waals surface area contributed by atoms with Gasteiger partial charge in [0.2, 0.25) is 0 Å². The van der Waals surface area contributed by atoms with E-state index in [2.05, 4.69) is 37.9 Å². The largest absolute Gasteiger partial charge is 0.389 e. The van der Waals surface area contributed by atoms with Crippen LogP contribution in [-0.4, -0.2) is 35.7 Å². The maximum absolute atomic E-state index is 10.4. The van der Waals surface area contributed by atoms with E-state index in [0.717, 1.165) is 32.4 Å². The Morgan fingerprint density at radius 1 is 1.11 bits per heavy atom. The number of benzene rings is 1. The topological polar surface area (TPSA) is 23.5 Å². The van der Waals surface area contributed by atoms with Crippen molar-refractivity contribution >= 4 is 0 Å². The van der Waals surface area contributed by atoms with E-state index < -0.39 is 5.60 Å². The second-order valence-electron chi connectivity index (χ2n) is 5.40. The lowest BCUT2D eigenvalue weighted by molar-refractivity contribution is -0.0150. The summed E-state index contributed by atoms with van der Waals surface area (Å²) in [6.45, 7) is 6.26. The van der Waals surface area contributed by atoms with E-state index >= 15 is 0 Å². The van der Waals surface area contributed by atoms with Gasteiger partial charge in [0.1, 0.15) is 0 Å². The molecule has 0 spiro atoms. The maximum Gasteiger partial charge on any atom is 0.0712 e. The van der Waals surface area contributed by atoms with Crippen LogP contribution in [0.1, 0.15) is 38.7 Å². The number of piperidine rings is 1. The standard InChI is InChI=1S/C13H19NO.C3H8/c1-14-9-7-13(15,8-10-14)11-12-5-3-2-4-6-12;1-3-2/h2-6,15H,7-11H2,1H3;3H2,1-2H3. The van der Waals surface area contributed by atoms with Crippen molar-refractivity contribution in [1.82, 2.24) is 4.90 Å². The molecule has 2 heteroatoms. The minimum Gasteiger partial charge on any atom is -0.389 e. The molecule has 1 aliphatic heterocycles. The Morgan fingerprint density at radius 2 is 1.61 bits per heavy atom. The highest BCUT2D eigenvalue weighted by Crippen LogP contribution is 2.25. The van der Waals surface area contributed by atoms with Crippen LogP contribution in [0.25, 0.3) is 0 Å². The van der Waals surface area contributed by atoms with Gasteiger partial charge in [-0.1, -0.05) is 50.6 Å². The molecule has 0 amide bonds. The second-order valence-corrected chi connectivity index (χ2v) is 5.40. The van der Waals surface area contributed by atoms with Gasteiger partial charge in [-0.05, 0) is 25.5 Å². The molecule has 0 aromatic heterocycles. The summed E-state index contributed by atoms with van der Waals surface area (Å²) >= 11 is 0. The van der Waals surface area contributed by atoms with Crippen LogP contribution in [0.3, 0.4) is 0 Å². The van der Waals surface area contributed by atoms with Gasteiger partial charge in [-0.25, -0.2) is 0 Å². The predicted molar refractivity (Wildman–Crippen MR) is 77.8 cm³/mol. The molecule has 1 heterocycles. The van der Waals surface area contributed by atoms with Crippen LogP contribution in [0, 0.1) is 0 Å². The van der Waals surface area contributed by atoms with Crippen LogP contribution in [-0.2, 0) is 6.42 Å². The molecule has 1 saturated heterocycles. The molecule has 0 saturated carbocycles. The first-order chi connectivity index (χ1) is 8.59. The van der Waals surface area contributed by atoms with Crippen LogP contribution >= 0.6 is 0 Å². The summed E-state index contributed by atoms with van der Waals surface area (Å²) in [6.07, 6.45) is 3.82. The van der Waals surface area contributed by atoms with Gasteiger partial charge in [0, 0.05) is 19.5 Å². The molecule has 2 nitrogen and oxygen atoms in total. The summed E-state index contributed by atoms with van der Waals surface area (Å²) in [5.74, 6) is 0. The lowest BCUT2D eigenvalue weighted by Gasteiger charge is -2.36. The van der Waals surface area contributed by atoms with Gasteiger partial charge in [0.25, 0.3) is 0 Å². The highest BCUT2D eigenvalue weighted by Gasteiger charge is 2.30. The molecule has 2 rings (SSSR count). The Kier molecular flexibility index (Phi) is 6.37. The molecular formula is C16H27NO. The number of likely N-dealkylation sites (tertiary alicyclic amines) is 1. The number of rotatable bonds is 2. The average Bonchev–Trinajstić information content (AvgIpc) is 2.36. The Balaban J connectivity index is 0.000000492. The van der Waals surface area contributed by atoms with E-state index in [0.29, 0.717) is 0 Å². The zero-order chi connectivity index (χ0) is 13.4. The first kappa shape index (κ1) is 15.2. The van der Waals surface area contributed by atoms with E-state index in [9.17, 15) is 5.11 Å². The van der Waals surface area contributed by atoms with Gasteiger partial charge in [-0.15, -0.1) is 0 Å². The second kappa shape index (κ2) is 7.55. The Bertz CT molecular complexity index is 315. The smallest absolute Gasteiger partial charge is 0.0712 e. The average molecular weight is 249 g/mol. The first-order valence-electron chi connectivity index (χ1n) is 7.04. The lowest BCUT2D eigenvalue weighted by Crippen LogP contribution is -2.44. The van der Waals surface area contributed by atoms with Crippen molar-refractivity contribution in [3.8, 4) is 0 Å². The summed E-state index contributed by atoms with van der Waals surface area (Å²) < 4.78 is 0. The molecule has 1 fully saturated rings. The molecule has 1 aromatic carbocycles. The predicted octanol–water partition coefficient (Wildman–Crippen LogP) is 3.10. The van der Waals surface area contributed by atoms with Crippen molar-refractivity contribution in [2.75, 3.05) is 20.1 Å². The van der Waals surface area contributed by atoms with Gasteiger partial charge in [0.15, 0.2) is 0 Å². The fraction of sp³-hybridized carbons (Fsp3) is 0.625. The minimum atomic E-state index is -0.478. The summed E-state index contributed by atoms with van der Waals surface area (Å²) in [5, 5.41) is 10.4. The van der Waals surface area contributed by atoms with Crippen LogP contribution in [0.2, 0.25) is 0 Å². The van der Waals surface area contributed by atoms with Crippen LogP contribution in [0.5, 0.6) is 0 Å². The Morgan fingerprint density at radius 3 is 2.11 bits per heavy atom. The fourth-order valence-electron chi connectivity index (χ4n) is 2.19. The molecule has 0 radical (unpaired) electrons. The van der Waals surface area contributed by atoms with Crippen LogP contribution in [0.15, 0.2) is 30.3 Å². The monoisotopic (exact) mass is 249 g/mol. The van der Waals surface area contributed by atoms with Gasteiger partial charge < -0.3 is 10.0 Å². The molecule has 0 unspecified atom stereocenters. The van der Waals surface area contributed by atoms with E-state index in [1.807, 2.05) is 18.2 Å². The normalized spacial score (nSPS) is 18.9. The van der Waals surface area contributed by atoms with Crippen molar-refractivity contribution in [1.29, 1.82) is 0 Å². The molecule has 1 aliphatic rings. The molecule has 1 aromatic rings. The molecule has 102 valence electrons. The molecule has 0 aliphatic carbocycles. The third-order valence-electron chi connectivity index (χ3n) is 3.29. The van der Waals surface area contributed by atoms with E-state index in [1.165, 1.54) is 12.0 Å². The highest BCUT2D eigenvalue weighted by molar-refractivity contribution is 5.17. The van der Waals surface area contributed by atoms with Gasteiger partial charge >= 0.3 is 0 Å². The SMILES string of the molecule is CCC.CN1CCC(O)(Cc2ccccc2)CC1. The van der Waals surface area contributed by atoms with Crippen molar-refractivity contribution in [2.24, 2.45) is 0 Å². The van der Waals surface area contributed by atoms with E-state index in [4.69, 9.17) is 0 Å². The number of hydrogen-bond acceptors (Lipinski definition) is 2. The summed E-state index contributed by atoms with van der Waals surface area (Å²) in [7, 11) is 2.11. The van der Waals surface area contributed by atoms with Crippen molar-refractivity contribution in [3.63, 3.8) is 0 Å². The molecule has 0 atom stereocenters. The van der Waals surface area contributed by atoms with Crippen LogP contribution < -0.4 is 0 Å². The summed E-state index contributed by atoms with van der Waals surface area (Å²) in [5.41, 5.74) is 0.762. The molecule has 1 N–H and O–H groups in total. The molecule has 18 heavy (non-hydrogen) atoms. The quantitative estimate of drug-likeness (QED) is 0.870. The number of nitrogens with zero attached hydrogens (tertiary/aromatic N) is 1. The summed E-state index contributed by atoms with van der Waals surface area (Å²) in [4.78, 5) is 2.28. The fourth-order valence-corrected chi connectivity index (χ4v) is 2.19. The Hall–Kier alpha value is -0.860. The molecule has 0 bridgehead atoms.